The molecule has 0 amide bonds. The quantitative estimate of drug-likeness (QED) is 0.413. The van der Waals surface area contributed by atoms with Crippen LogP contribution in [0.2, 0.25) is 0 Å². The highest BCUT2D eigenvalue weighted by molar-refractivity contribution is 6.00. The molecule has 0 saturated heterocycles. The van der Waals surface area contributed by atoms with Crippen LogP contribution in [0.25, 0.3) is 0 Å². The first-order valence-electron chi connectivity index (χ1n) is 8.81. The molecule has 0 atom stereocenters. The molecule has 3 aromatic rings. The summed E-state index contributed by atoms with van der Waals surface area (Å²) >= 11 is 0. The van der Waals surface area contributed by atoms with Gasteiger partial charge in [-0.3, -0.25) is 5.01 Å². The molecule has 25 heavy (non-hydrogen) atoms. The van der Waals surface area contributed by atoms with Gasteiger partial charge in [0.15, 0.2) is 0 Å². The van der Waals surface area contributed by atoms with E-state index in [0.29, 0.717) is 0 Å². The maximum absolute atomic E-state index is 5.01. The minimum absolute atomic E-state index is 0.798. The van der Waals surface area contributed by atoms with Gasteiger partial charge in [-0.25, -0.2) is 0 Å². The van der Waals surface area contributed by atoms with Crippen LogP contribution in [-0.2, 0) is 13.1 Å². The molecular weight excluding hydrogens is 304 g/mol. The van der Waals surface area contributed by atoms with Crippen molar-refractivity contribution >= 4 is 5.71 Å². The van der Waals surface area contributed by atoms with Gasteiger partial charge >= 0.3 is 0 Å². The largest absolute Gasteiger partial charge is 0.288 e. The van der Waals surface area contributed by atoms with Crippen molar-refractivity contribution < 1.29 is 0 Å². The van der Waals surface area contributed by atoms with E-state index < -0.39 is 0 Å². The Morgan fingerprint density at radius 2 is 1.12 bits per heavy atom. The van der Waals surface area contributed by atoms with Crippen molar-refractivity contribution in [2.24, 2.45) is 5.10 Å². The molecule has 0 aliphatic carbocycles. The summed E-state index contributed by atoms with van der Waals surface area (Å²) in [5.74, 6) is 0. The Kier molecular flexibility index (Phi) is 6.00. The average Bonchev–Trinajstić information content (AvgIpc) is 2.68. The van der Waals surface area contributed by atoms with Crippen molar-refractivity contribution in [1.82, 2.24) is 5.01 Å². The van der Waals surface area contributed by atoms with Crippen LogP contribution in [0.3, 0.4) is 0 Å². The van der Waals surface area contributed by atoms with Gasteiger partial charge < -0.3 is 0 Å². The summed E-state index contributed by atoms with van der Waals surface area (Å²) in [6.45, 7) is 3.76. The van der Waals surface area contributed by atoms with Gasteiger partial charge in [0, 0.05) is 0 Å². The fourth-order valence-electron chi connectivity index (χ4n) is 2.85. The van der Waals surface area contributed by atoms with Gasteiger partial charge in [0.25, 0.3) is 0 Å². The zero-order valence-corrected chi connectivity index (χ0v) is 14.7. The Morgan fingerprint density at radius 1 is 0.680 bits per heavy atom. The number of benzene rings is 3. The zero-order valence-electron chi connectivity index (χ0n) is 14.7. The molecular formula is C23H24N2. The first kappa shape index (κ1) is 17.0. The molecule has 0 bridgehead atoms. The first-order chi connectivity index (χ1) is 12.3. The summed E-state index contributed by atoms with van der Waals surface area (Å²) < 4.78 is 0. The minimum Gasteiger partial charge on any atom is -0.288 e. The molecule has 0 N–H and O–H groups in total. The molecule has 0 aromatic heterocycles. The van der Waals surface area contributed by atoms with Crippen LogP contribution < -0.4 is 0 Å². The highest BCUT2D eigenvalue weighted by Gasteiger charge is 2.08. The van der Waals surface area contributed by atoms with Crippen LogP contribution in [0.1, 0.15) is 30.0 Å². The van der Waals surface area contributed by atoms with Crippen LogP contribution in [0.15, 0.2) is 96.1 Å². The molecule has 0 aliphatic heterocycles. The minimum atomic E-state index is 0.798. The summed E-state index contributed by atoms with van der Waals surface area (Å²) in [6, 6.07) is 31.5. The van der Waals surface area contributed by atoms with Gasteiger partial charge in [0.2, 0.25) is 0 Å². The SMILES string of the molecule is CCC(=NN(Cc1ccccc1)Cc1ccccc1)c1ccccc1. The number of hydrogen-bond donors (Lipinski definition) is 0. The zero-order chi connectivity index (χ0) is 17.3. The fraction of sp³-hybridized carbons (Fsp3) is 0.174. The maximum Gasteiger partial charge on any atom is 0.0675 e. The lowest BCUT2D eigenvalue weighted by molar-refractivity contribution is 0.270. The molecule has 126 valence electrons. The third-order valence-electron chi connectivity index (χ3n) is 4.12. The normalized spacial score (nSPS) is 11.3. The van der Waals surface area contributed by atoms with Crippen molar-refractivity contribution in [1.29, 1.82) is 0 Å². The molecule has 0 unspecified atom stereocenters. The molecule has 0 radical (unpaired) electrons. The number of nitrogens with zero attached hydrogens (tertiary/aromatic N) is 2. The topological polar surface area (TPSA) is 15.6 Å². The van der Waals surface area contributed by atoms with E-state index in [1.807, 2.05) is 6.07 Å². The maximum atomic E-state index is 5.01. The lowest BCUT2D eigenvalue weighted by atomic mass is 10.1. The summed E-state index contributed by atoms with van der Waals surface area (Å²) in [6.07, 6.45) is 0.907. The smallest absolute Gasteiger partial charge is 0.0675 e. The van der Waals surface area contributed by atoms with Gasteiger partial charge in [-0.15, -0.1) is 0 Å². The van der Waals surface area contributed by atoms with Gasteiger partial charge in [-0.1, -0.05) is 97.9 Å². The lowest BCUT2D eigenvalue weighted by Crippen LogP contribution is -2.19. The van der Waals surface area contributed by atoms with Gasteiger partial charge in [-0.2, -0.15) is 5.10 Å². The molecule has 0 spiro atoms. The first-order valence-corrected chi connectivity index (χ1v) is 8.81. The Hall–Kier alpha value is -2.87. The predicted molar refractivity (Wildman–Crippen MR) is 105 cm³/mol. The molecule has 2 heteroatoms. The molecule has 3 rings (SSSR count). The summed E-state index contributed by atoms with van der Waals surface area (Å²) in [5.41, 5.74) is 4.85. The summed E-state index contributed by atoms with van der Waals surface area (Å²) in [5, 5.41) is 7.17. The van der Waals surface area contributed by atoms with Crippen LogP contribution >= 0.6 is 0 Å². The van der Waals surface area contributed by atoms with Gasteiger partial charge in [-0.05, 0) is 23.1 Å². The standard InChI is InChI=1S/C23H24N2/c1-2-23(22-16-10-5-11-17-22)24-25(18-20-12-6-3-7-13-20)19-21-14-8-4-9-15-21/h3-17H,2,18-19H2,1H3. The van der Waals surface area contributed by atoms with Crippen LogP contribution in [0.5, 0.6) is 0 Å². The summed E-state index contributed by atoms with van der Waals surface area (Å²) in [7, 11) is 0. The molecule has 0 saturated carbocycles. The van der Waals surface area contributed by atoms with E-state index in [9.17, 15) is 0 Å². The van der Waals surface area contributed by atoms with Crippen molar-refractivity contribution in [3.05, 3.63) is 108 Å². The highest BCUT2D eigenvalue weighted by Crippen LogP contribution is 2.13. The molecule has 0 heterocycles. The van der Waals surface area contributed by atoms with Crippen molar-refractivity contribution in [3.63, 3.8) is 0 Å². The van der Waals surface area contributed by atoms with Crippen molar-refractivity contribution in [3.8, 4) is 0 Å². The molecule has 3 aromatic carbocycles. The molecule has 0 fully saturated rings. The second-order valence-corrected chi connectivity index (χ2v) is 6.06. The predicted octanol–water partition coefficient (Wildman–Crippen LogP) is 5.50. The average molecular weight is 328 g/mol. The second-order valence-electron chi connectivity index (χ2n) is 6.06. The fourth-order valence-corrected chi connectivity index (χ4v) is 2.85. The number of hydrazone groups is 1. The van der Waals surface area contributed by atoms with E-state index in [2.05, 4.69) is 96.9 Å². The van der Waals surface area contributed by atoms with Crippen LogP contribution in [0, 0.1) is 0 Å². The van der Waals surface area contributed by atoms with Crippen molar-refractivity contribution in [2.45, 2.75) is 26.4 Å². The van der Waals surface area contributed by atoms with E-state index in [1.165, 1.54) is 16.7 Å². The van der Waals surface area contributed by atoms with Gasteiger partial charge in [0.05, 0.1) is 18.8 Å². The summed E-state index contributed by atoms with van der Waals surface area (Å²) in [4.78, 5) is 0. The van der Waals surface area contributed by atoms with E-state index in [-0.39, 0.29) is 0 Å². The van der Waals surface area contributed by atoms with Gasteiger partial charge in [0.1, 0.15) is 0 Å². The second kappa shape index (κ2) is 8.84. The van der Waals surface area contributed by atoms with Crippen molar-refractivity contribution in [2.75, 3.05) is 0 Å². The Bertz CT molecular complexity index is 739. The lowest BCUT2D eigenvalue weighted by Gasteiger charge is -2.21. The monoisotopic (exact) mass is 328 g/mol. The molecule has 0 aliphatic rings. The third-order valence-corrected chi connectivity index (χ3v) is 4.12. The Morgan fingerprint density at radius 3 is 1.56 bits per heavy atom. The molecule has 2 nitrogen and oxygen atoms in total. The van der Waals surface area contributed by atoms with E-state index in [1.54, 1.807) is 0 Å². The van der Waals surface area contributed by atoms with E-state index in [4.69, 9.17) is 5.10 Å². The Labute approximate surface area is 150 Å². The van der Waals surface area contributed by atoms with Crippen LogP contribution in [0.4, 0.5) is 0 Å². The Balaban J connectivity index is 1.88. The van der Waals surface area contributed by atoms with E-state index >= 15 is 0 Å². The highest BCUT2D eigenvalue weighted by atomic mass is 15.4. The van der Waals surface area contributed by atoms with E-state index in [0.717, 1.165) is 25.2 Å². The number of rotatable bonds is 7. The third kappa shape index (κ3) is 5.05. The number of hydrogen-bond acceptors (Lipinski definition) is 2. The van der Waals surface area contributed by atoms with Crippen LogP contribution in [-0.4, -0.2) is 10.7 Å².